The van der Waals surface area contributed by atoms with Crippen LogP contribution in [0.4, 0.5) is 9.18 Å². The summed E-state index contributed by atoms with van der Waals surface area (Å²) in [7, 11) is 3.79. The Labute approximate surface area is 172 Å². The van der Waals surface area contributed by atoms with Gasteiger partial charge in [-0.05, 0) is 49.7 Å². The van der Waals surface area contributed by atoms with Gasteiger partial charge in [0.15, 0.2) is 0 Å². The average molecular weight is 400 g/mol. The van der Waals surface area contributed by atoms with E-state index in [-0.39, 0.29) is 30.3 Å². The number of amides is 2. The summed E-state index contributed by atoms with van der Waals surface area (Å²) in [6, 6.07) is 15.0. The third kappa shape index (κ3) is 5.55. The summed E-state index contributed by atoms with van der Waals surface area (Å²) in [5, 5.41) is 12.8. The fourth-order valence-corrected chi connectivity index (χ4v) is 4.03. The molecule has 29 heavy (non-hydrogen) atoms. The van der Waals surface area contributed by atoms with Crippen molar-refractivity contribution in [1.82, 2.24) is 15.1 Å². The van der Waals surface area contributed by atoms with E-state index in [4.69, 9.17) is 0 Å². The molecule has 0 aliphatic carbocycles. The lowest BCUT2D eigenvalue weighted by Gasteiger charge is -2.38. The lowest BCUT2D eigenvalue weighted by molar-refractivity contribution is 0.113. The maximum Gasteiger partial charge on any atom is 0.317 e. The van der Waals surface area contributed by atoms with Crippen LogP contribution in [0.3, 0.4) is 0 Å². The van der Waals surface area contributed by atoms with Gasteiger partial charge in [0.25, 0.3) is 0 Å². The molecule has 0 radical (unpaired) electrons. The maximum absolute atomic E-state index is 13.9. The number of piperidine rings is 1. The molecule has 2 aromatic rings. The number of nitrogens with zero attached hydrogens (tertiary/aromatic N) is 2. The van der Waals surface area contributed by atoms with Crippen LogP contribution in [0.1, 0.15) is 29.0 Å². The summed E-state index contributed by atoms with van der Waals surface area (Å²) in [5.41, 5.74) is 2.70. The van der Waals surface area contributed by atoms with Crippen LogP contribution in [0.2, 0.25) is 0 Å². The van der Waals surface area contributed by atoms with E-state index in [0.717, 1.165) is 12.0 Å². The summed E-state index contributed by atoms with van der Waals surface area (Å²) in [6.45, 7) is 2.09. The number of hydrogen-bond donors (Lipinski definition) is 2. The zero-order valence-corrected chi connectivity index (χ0v) is 17.1. The Morgan fingerprint density at radius 1 is 1.24 bits per heavy atom. The van der Waals surface area contributed by atoms with Crippen molar-refractivity contribution >= 4 is 6.03 Å². The Balaban J connectivity index is 1.58. The zero-order chi connectivity index (χ0) is 20.8. The normalized spacial score (nSPS) is 19.4. The number of halogens is 1. The van der Waals surface area contributed by atoms with Gasteiger partial charge in [0.05, 0.1) is 0 Å². The largest absolute Gasteiger partial charge is 0.396 e. The summed E-state index contributed by atoms with van der Waals surface area (Å²) in [4.78, 5) is 16.3. The van der Waals surface area contributed by atoms with Crippen LogP contribution in [-0.2, 0) is 13.1 Å². The molecule has 156 valence electrons. The first kappa shape index (κ1) is 21.3. The number of carbonyl (C=O) groups is 1. The lowest BCUT2D eigenvalue weighted by Crippen LogP contribution is -2.48. The number of urea groups is 1. The number of likely N-dealkylation sites (tertiary alicyclic amines) is 1. The fourth-order valence-electron chi connectivity index (χ4n) is 4.03. The Morgan fingerprint density at radius 2 is 2.00 bits per heavy atom. The van der Waals surface area contributed by atoms with Gasteiger partial charge in [0.1, 0.15) is 5.82 Å². The first-order chi connectivity index (χ1) is 14.0. The smallest absolute Gasteiger partial charge is 0.317 e. The van der Waals surface area contributed by atoms with E-state index >= 15 is 0 Å². The van der Waals surface area contributed by atoms with Gasteiger partial charge < -0.3 is 20.2 Å². The molecule has 0 bridgehead atoms. The predicted molar refractivity (Wildman–Crippen MR) is 112 cm³/mol. The predicted octanol–water partition coefficient (Wildman–Crippen LogP) is 3.19. The topological polar surface area (TPSA) is 55.8 Å². The molecule has 1 fully saturated rings. The fraction of sp³-hybridized carbons (Fsp3) is 0.435. The molecule has 2 amide bonds. The number of nitrogens with one attached hydrogen (secondary N) is 1. The van der Waals surface area contributed by atoms with Gasteiger partial charge in [-0.1, -0.05) is 36.4 Å². The van der Waals surface area contributed by atoms with Crippen molar-refractivity contribution < 1.29 is 14.3 Å². The van der Waals surface area contributed by atoms with E-state index in [1.165, 1.54) is 11.6 Å². The molecule has 1 saturated heterocycles. The summed E-state index contributed by atoms with van der Waals surface area (Å²) in [6.07, 6.45) is 0.826. The van der Waals surface area contributed by atoms with Crippen LogP contribution < -0.4 is 5.32 Å². The van der Waals surface area contributed by atoms with Crippen molar-refractivity contribution in [2.24, 2.45) is 5.92 Å². The van der Waals surface area contributed by atoms with Crippen molar-refractivity contribution in [3.8, 4) is 0 Å². The number of rotatable bonds is 6. The number of hydrogen-bond acceptors (Lipinski definition) is 3. The van der Waals surface area contributed by atoms with E-state index in [0.29, 0.717) is 31.7 Å². The van der Waals surface area contributed by atoms with Crippen LogP contribution in [0.25, 0.3) is 0 Å². The average Bonchev–Trinajstić information content (AvgIpc) is 2.73. The molecule has 1 heterocycles. The zero-order valence-electron chi connectivity index (χ0n) is 17.1. The molecule has 1 aliphatic rings. The highest BCUT2D eigenvalue weighted by molar-refractivity contribution is 5.74. The summed E-state index contributed by atoms with van der Waals surface area (Å²) < 4.78 is 13.9. The van der Waals surface area contributed by atoms with Crippen LogP contribution in [0.5, 0.6) is 0 Å². The molecule has 6 heteroatoms. The third-order valence-corrected chi connectivity index (χ3v) is 5.52. The minimum Gasteiger partial charge on any atom is -0.396 e. The number of carbonyl (C=O) groups excluding carboxylic acids is 1. The Bertz CT molecular complexity index is 813. The first-order valence-electron chi connectivity index (χ1n) is 10.1. The van der Waals surface area contributed by atoms with Crippen molar-refractivity contribution in [2.75, 3.05) is 33.8 Å². The minimum atomic E-state index is -0.234. The Kier molecular flexibility index (Phi) is 7.23. The van der Waals surface area contributed by atoms with Crippen LogP contribution in [0, 0.1) is 11.7 Å². The molecule has 0 saturated carbocycles. The molecule has 5 nitrogen and oxygen atoms in total. The molecular weight excluding hydrogens is 369 g/mol. The lowest BCUT2D eigenvalue weighted by atomic mass is 9.81. The summed E-state index contributed by atoms with van der Waals surface area (Å²) >= 11 is 0. The molecule has 1 aliphatic heterocycles. The molecule has 0 spiro atoms. The van der Waals surface area contributed by atoms with Crippen molar-refractivity contribution in [3.63, 3.8) is 0 Å². The quantitative estimate of drug-likeness (QED) is 0.784. The second-order valence-corrected chi connectivity index (χ2v) is 8.02. The highest BCUT2D eigenvalue weighted by atomic mass is 19.1. The molecule has 2 atom stereocenters. The van der Waals surface area contributed by atoms with Crippen molar-refractivity contribution in [2.45, 2.75) is 25.4 Å². The van der Waals surface area contributed by atoms with Gasteiger partial charge in [-0.25, -0.2) is 9.18 Å². The van der Waals surface area contributed by atoms with Gasteiger partial charge in [0, 0.05) is 44.3 Å². The van der Waals surface area contributed by atoms with Crippen LogP contribution >= 0.6 is 0 Å². The number of aliphatic hydroxyl groups excluding tert-OH is 1. The number of benzene rings is 2. The third-order valence-electron chi connectivity index (χ3n) is 5.52. The Hall–Kier alpha value is -2.44. The standard InChI is InChI=1S/C23H30FN3O2/c1-26(2)14-19-12-17(8-9-22(19)24)13-25-23(29)27-11-10-21(20(15-27)16-28)18-6-4-3-5-7-18/h3-9,12,20-21,28H,10-11,13-16H2,1-2H3,(H,25,29)/t20-,21+/m0/s1. The van der Waals surface area contributed by atoms with E-state index in [2.05, 4.69) is 17.4 Å². The highest BCUT2D eigenvalue weighted by Gasteiger charge is 2.31. The van der Waals surface area contributed by atoms with Crippen molar-refractivity contribution in [1.29, 1.82) is 0 Å². The van der Waals surface area contributed by atoms with Crippen LogP contribution in [-0.4, -0.2) is 54.7 Å². The van der Waals surface area contributed by atoms with Gasteiger partial charge in [-0.2, -0.15) is 0 Å². The van der Waals surface area contributed by atoms with Gasteiger partial charge in [0.2, 0.25) is 0 Å². The van der Waals surface area contributed by atoms with E-state index < -0.39 is 0 Å². The molecule has 0 unspecified atom stereocenters. The monoisotopic (exact) mass is 399 g/mol. The second kappa shape index (κ2) is 9.85. The summed E-state index contributed by atoms with van der Waals surface area (Å²) in [5.74, 6) is 0.0490. The SMILES string of the molecule is CN(C)Cc1cc(CNC(=O)N2CC[C@H](c3ccccc3)[C@H](CO)C2)ccc1F. The van der Waals surface area contributed by atoms with Gasteiger partial charge in [-0.15, -0.1) is 0 Å². The second-order valence-electron chi connectivity index (χ2n) is 8.02. The molecule has 2 aromatic carbocycles. The highest BCUT2D eigenvalue weighted by Crippen LogP contribution is 2.32. The van der Waals surface area contributed by atoms with E-state index in [9.17, 15) is 14.3 Å². The molecular formula is C23H30FN3O2. The van der Waals surface area contributed by atoms with Gasteiger partial charge >= 0.3 is 6.03 Å². The Morgan fingerprint density at radius 3 is 2.69 bits per heavy atom. The van der Waals surface area contributed by atoms with E-state index in [1.807, 2.05) is 37.2 Å². The molecule has 2 N–H and O–H groups in total. The van der Waals surface area contributed by atoms with Crippen LogP contribution in [0.15, 0.2) is 48.5 Å². The maximum atomic E-state index is 13.9. The first-order valence-corrected chi connectivity index (χ1v) is 10.1. The van der Waals surface area contributed by atoms with E-state index in [1.54, 1.807) is 17.0 Å². The molecule has 0 aromatic heterocycles. The minimum absolute atomic E-state index is 0.0226. The van der Waals surface area contributed by atoms with Crippen molar-refractivity contribution in [3.05, 3.63) is 71.0 Å². The number of aliphatic hydroxyl groups is 1. The van der Waals surface area contributed by atoms with Gasteiger partial charge in [-0.3, -0.25) is 0 Å². The molecule has 3 rings (SSSR count).